The summed E-state index contributed by atoms with van der Waals surface area (Å²) >= 11 is 0. The van der Waals surface area contributed by atoms with Crippen molar-refractivity contribution in [3.8, 4) is 0 Å². The molecule has 0 aliphatic rings. The molecule has 0 aliphatic carbocycles. The van der Waals surface area contributed by atoms with E-state index in [9.17, 15) is 14.4 Å². The van der Waals surface area contributed by atoms with Gasteiger partial charge in [-0.25, -0.2) is 4.79 Å². The minimum Gasteiger partial charge on any atom is -0.478 e. The van der Waals surface area contributed by atoms with E-state index in [0.717, 1.165) is 0 Å². The van der Waals surface area contributed by atoms with Crippen molar-refractivity contribution >= 4 is 23.5 Å². The second kappa shape index (κ2) is 7.00. The lowest BCUT2D eigenvalue weighted by atomic mass is 10.2. The monoisotopic (exact) mass is 266 g/mol. The van der Waals surface area contributed by atoms with Crippen LogP contribution in [0.3, 0.4) is 0 Å². The van der Waals surface area contributed by atoms with Gasteiger partial charge in [0, 0.05) is 0 Å². The summed E-state index contributed by atoms with van der Waals surface area (Å²) < 4.78 is 4.61. The molecule has 0 aromatic heterocycles. The van der Waals surface area contributed by atoms with Gasteiger partial charge in [-0.05, 0) is 31.2 Å². The van der Waals surface area contributed by atoms with Crippen molar-refractivity contribution in [1.29, 1.82) is 0 Å². The predicted octanol–water partition coefficient (Wildman–Crippen LogP) is 0.781. The number of carbonyl (C=O) groups is 3. The fraction of sp³-hybridized carbons (Fsp3) is 0.250. The number of rotatable bonds is 6. The smallest absolute Gasteiger partial charge is 0.335 e. The number of hydrogen-bond acceptors (Lipinski definition) is 5. The molecule has 1 amide bonds. The topological polar surface area (TPSA) is 105 Å². The second-order valence-electron chi connectivity index (χ2n) is 3.54. The van der Waals surface area contributed by atoms with Crippen LogP contribution in [0.5, 0.6) is 0 Å². The molecule has 102 valence electrons. The summed E-state index contributed by atoms with van der Waals surface area (Å²) in [6.07, 6.45) is -0.381. The molecule has 0 unspecified atom stereocenters. The molecular weight excluding hydrogens is 252 g/mol. The molecule has 1 aromatic rings. The molecule has 0 fully saturated rings. The van der Waals surface area contributed by atoms with E-state index in [0.29, 0.717) is 5.69 Å². The van der Waals surface area contributed by atoms with Crippen LogP contribution in [0.4, 0.5) is 5.69 Å². The number of aromatic carboxylic acids is 1. The minimum absolute atomic E-state index is 0.142. The average molecular weight is 266 g/mol. The lowest BCUT2D eigenvalue weighted by Crippen LogP contribution is -2.31. The number of carboxylic acids is 1. The van der Waals surface area contributed by atoms with E-state index >= 15 is 0 Å². The third kappa shape index (κ3) is 5.07. The van der Waals surface area contributed by atoms with E-state index in [1.54, 1.807) is 6.92 Å². The maximum atomic E-state index is 11.3. The molecule has 0 heterocycles. The third-order valence-corrected chi connectivity index (χ3v) is 2.09. The zero-order valence-corrected chi connectivity index (χ0v) is 10.3. The van der Waals surface area contributed by atoms with Crippen LogP contribution in [0.2, 0.25) is 0 Å². The van der Waals surface area contributed by atoms with Crippen molar-refractivity contribution in [2.75, 3.05) is 12.0 Å². The fourth-order valence-corrected chi connectivity index (χ4v) is 1.23. The van der Waals surface area contributed by atoms with Crippen LogP contribution >= 0.6 is 0 Å². The molecule has 0 spiro atoms. The Hall–Kier alpha value is -2.57. The van der Waals surface area contributed by atoms with E-state index in [1.165, 1.54) is 24.3 Å². The summed E-state index contributed by atoms with van der Waals surface area (Å²) in [5.41, 5.74) is 5.50. The first-order valence-corrected chi connectivity index (χ1v) is 5.56. The summed E-state index contributed by atoms with van der Waals surface area (Å²) in [5, 5.41) is 8.70. The number of hydrogen-bond donors (Lipinski definition) is 3. The molecule has 1 rings (SSSR count). The number of benzene rings is 1. The Morgan fingerprint density at radius 3 is 2.37 bits per heavy atom. The van der Waals surface area contributed by atoms with Crippen LogP contribution < -0.4 is 10.9 Å². The van der Waals surface area contributed by atoms with Crippen molar-refractivity contribution < 1.29 is 24.2 Å². The Morgan fingerprint density at radius 2 is 1.84 bits per heavy atom. The third-order valence-electron chi connectivity index (χ3n) is 2.09. The lowest BCUT2D eigenvalue weighted by Gasteiger charge is -2.08. The van der Waals surface area contributed by atoms with Crippen LogP contribution in [-0.4, -0.2) is 29.6 Å². The van der Waals surface area contributed by atoms with Crippen LogP contribution in [0, 0.1) is 0 Å². The number of esters is 1. The summed E-state index contributed by atoms with van der Waals surface area (Å²) in [6.45, 7) is 1.87. The van der Waals surface area contributed by atoms with Gasteiger partial charge in [0.25, 0.3) is 0 Å². The van der Waals surface area contributed by atoms with Gasteiger partial charge in [-0.2, -0.15) is 0 Å². The van der Waals surface area contributed by atoms with Crippen molar-refractivity contribution in [1.82, 2.24) is 5.43 Å². The maximum absolute atomic E-state index is 11.3. The zero-order chi connectivity index (χ0) is 14.3. The van der Waals surface area contributed by atoms with Gasteiger partial charge in [-0.3, -0.25) is 20.4 Å². The Balaban J connectivity index is 2.42. The van der Waals surface area contributed by atoms with E-state index in [-0.39, 0.29) is 18.6 Å². The number of hydrazine groups is 1. The summed E-state index contributed by atoms with van der Waals surface area (Å²) in [6, 6.07) is 5.77. The molecule has 7 nitrogen and oxygen atoms in total. The van der Waals surface area contributed by atoms with Gasteiger partial charge < -0.3 is 9.84 Å². The van der Waals surface area contributed by atoms with E-state index in [4.69, 9.17) is 5.11 Å². The molecule has 0 aliphatic heterocycles. The van der Waals surface area contributed by atoms with Gasteiger partial charge >= 0.3 is 11.9 Å². The number of carbonyl (C=O) groups excluding carboxylic acids is 2. The molecular formula is C12H14N2O5. The van der Waals surface area contributed by atoms with Crippen LogP contribution in [0.25, 0.3) is 0 Å². The Morgan fingerprint density at radius 1 is 1.21 bits per heavy atom. The number of ether oxygens (including phenoxy) is 1. The zero-order valence-electron chi connectivity index (χ0n) is 10.3. The molecule has 0 atom stereocenters. The van der Waals surface area contributed by atoms with Crippen LogP contribution in [0.1, 0.15) is 23.7 Å². The van der Waals surface area contributed by atoms with E-state index in [2.05, 4.69) is 15.6 Å². The first-order valence-electron chi connectivity index (χ1n) is 5.56. The Labute approximate surface area is 109 Å². The maximum Gasteiger partial charge on any atom is 0.335 e. The quantitative estimate of drug-likeness (QED) is 0.399. The summed E-state index contributed by atoms with van der Waals surface area (Å²) in [7, 11) is 0. The second-order valence-corrected chi connectivity index (χ2v) is 3.54. The van der Waals surface area contributed by atoms with E-state index in [1.807, 2.05) is 0 Å². The van der Waals surface area contributed by atoms with Gasteiger partial charge in [0.15, 0.2) is 0 Å². The van der Waals surface area contributed by atoms with Gasteiger partial charge in [-0.1, -0.05) is 0 Å². The first-order chi connectivity index (χ1) is 9.02. The van der Waals surface area contributed by atoms with Crippen molar-refractivity contribution in [3.63, 3.8) is 0 Å². The number of carboxylic acid groups (broad SMARTS) is 1. The van der Waals surface area contributed by atoms with Gasteiger partial charge in [-0.15, -0.1) is 0 Å². The molecule has 0 saturated carbocycles. The van der Waals surface area contributed by atoms with Crippen molar-refractivity contribution in [3.05, 3.63) is 29.8 Å². The lowest BCUT2D eigenvalue weighted by molar-refractivity contribution is -0.145. The minimum atomic E-state index is -1.03. The highest BCUT2D eigenvalue weighted by Gasteiger charge is 2.09. The molecule has 0 bridgehead atoms. The SMILES string of the molecule is CCOC(=O)CC(=O)NNc1ccc(C(=O)O)cc1. The Bertz CT molecular complexity index is 470. The van der Waals surface area contributed by atoms with Gasteiger partial charge in [0.05, 0.1) is 17.9 Å². The molecule has 0 saturated heterocycles. The highest BCUT2D eigenvalue weighted by Crippen LogP contribution is 2.08. The Kier molecular flexibility index (Phi) is 5.34. The standard InChI is InChI=1S/C12H14N2O5/c1-2-19-11(16)7-10(15)14-13-9-5-3-8(4-6-9)12(17)18/h3-6,13H,2,7H2,1H3,(H,14,15)(H,17,18). The summed E-state index contributed by atoms with van der Waals surface area (Å²) in [4.78, 5) is 32.9. The molecule has 0 radical (unpaired) electrons. The van der Waals surface area contributed by atoms with Crippen LogP contribution in [0.15, 0.2) is 24.3 Å². The number of nitrogens with one attached hydrogen (secondary N) is 2. The fourth-order valence-electron chi connectivity index (χ4n) is 1.23. The van der Waals surface area contributed by atoms with Crippen LogP contribution in [-0.2, 0) is 14.3 Å². The van der Waals surface area contributed by atoms with Crippen molar-refractivity contribution in [2.45, 2.75) is 13.3 Å². The molecule has 1 aromatic carbocycles. The largest absolute Gasteiger partial charge is 0.478 e. The average Bonchev–Trinajstić information content (AvgIpc) is 2.37. The van der Waals surface area contributed by atoms with Crippen molar-refractivity contribution in [2.24, 2.45) is 0 Å². The van der Waals surface area contributed by atoms with E-state index < -0.39 is 17.8 Å². The first kappa shape index (κ1) is 14.5. The predicted molar refractivity (Wildman–Crippen MR) is 66.4 cm³/mol. The van der Waals surface area contributed by atoms with Gasteiger partial charge in [0.1, 0.15) is 6.42 Å². The normalized spacial score (nSPS) is 9.53. The number of anilines is 1. The highest BCUT2D eigenvalue weighted by atomic mass is 16.5. The van der Waals surface area contributed by atoms with Gasteiger partial charge in [0.2, 0.25) is 5.91 Å². The number of amides is 1. The molecule has 3 N–H and O–H groups in total. The molecule has 19 heavy (non-hydrogen) atoms. The highest BCUT2D eigenvalue weighted by molar-refractivity contribution is 5.94. The molecule has 7 heteroatoms. The summed E-state index contributed by atoms with van der Waals surface area (Å²) in [5.74, 6) is -2.18.